The van der Waals surface area contributed by atoms with Crippen molar-refractivity contribution in [2.24, 2.45) is 0 Å². The van der Waals surface area contributed by atoms with E-state index < -0.39 is 10.8 Å². The number of benzene rings is 1. The number of rotatable bonds is 8. The molecule has 0 radical (unpaired) electrons. The number of nitrogens with zero attached hydrogens (tertiary/aromatic N) is 4. The van der Waals surface area contributed by atoms with Gasteiger partial charge in [0.25, 0.3) is 5.91 Å². The Bertz CT molecular complexity index is 642. The Balaban J connectivity index is 2.75. The standard InChI is InChI=1S/C15H16N4O4/c1-12-4-5-14(13(10-12)19(21)22)23-11-15(20)18(8-2-6-16)9-3-7-17/h4-5,10H,2-3,8-9,11H2,1H3. The second kappa shape index (κ2) is 9.00. The molecule has 0 unspecified atom stereocenters. The Labute approximate surface area is 133 Å². The summed E-state index contributed by atoms with van der Waals surface area (Å²) in [5.41, 5.74) is 0.499. The molecule has 1 amide bonds. The van der Waals surface area contributed by atoms with Gasteiger partial charge in [0, 0.05) is 19.2 Å². The molecule has 0 N–H and O–H groups in total. The van der Waals surface area contributed by atoms with Gasteiger partial charge in [0.15, 0.2) is 12.4 Å². The first-order chi connectivity index (χ1) is 11.0. The van der Waals surface area contributed by atoms with Gasteiger partial charge in [-0.25, -0.2) is 0 Å². The number of aryl methyl sites for hydroxylation is 1. The first kappa shape index (κ1) is 17.9. The molecule has 1 rings (SSSR count). The molecule has 0 atom stereocenters. The van der Waals surface area contributed by atoms with Crippen LogP contribution >= 0.6 is 0 Å². The molecule has 0 aliphatic carbocycles. The lowest BCUT2D eigenvalue weighted by molar-refractivity contribution is -0.385. The molecule has 0 aliphatic heterocycles. The lowest BCUT2D eigenvalue weighted by Crippen LogP contribution is -2.36. The Morgan fingerprint density at radius 3 is 2.43 bits per heavy atom. The van der Waals surface area contributed by atoms with Crippen molar-refractivity contribution >= 4 is 11.6 Å². The lowest BCUT2D eigenvalue weighted by atomic mass is 10.2. The first-order valence-corrected chi connectivity index (χ1v) is 6.89. The highest BCUT2D eigenvalue weighted by atomic mass is 16.6. The van der Waals surface area contributed by atoms with Crippen molar-refractivity contribution in [1.82, 2.24) is 4.90 Å². The van der Waals surface area contributed by atoms with E-state index >= 15 is 0 Å². The van der Waals surface area contributed by atoms with Crippen LogP contribution in [0.5, 0.6) is 5.75 Å². The zero-order valence-electron chi connectivity index (χ0n) is 12.7. The molecular formula is C15H16N4O4. The highest BCUT2D eigenvalue weighted by molar-refractivity contribution is 5.78. The van der Waals surface area contributed by atoms with E-state index in [1.807, 2.05) is 12.1 Å². The number of ether oxygens (including phenoxy) is 1. The molecule has 1 aromatic carbocycles. The van der Waals surface area contributed by atoms with Crippen molar-refractivity contribution in [1.29, 1.82) is 10.5 Å². The smallest absolute Gasteiger partial charge is 0.311 e. The molecular weight excluding hydrogens is 300 g/mol. The molecule has 0 heterocycles. The average molecular weight is 316 g/mol. The van der Waals surface area contributed by atoms with Crippen LogP contribution in [0.1, 0.15) is 18.4 Å². The first-order valence-electron chi connectivity index (χ1n) is 6.89. The molecule has 1 aromatic rings. The highest BCUT2D eigenvalue weighted by Gasteiger charge is 2.18. The zero-order valence-corrected chi connectivity index (χ0v) is 12.7. The minimum atomic E-state index is -0.573. The summed E-state index contributed by atoms with van der Waals surface area (Å²) < 4.78 is 5.26. The molecule has 0 saturated carbocycles. The Morgan fingerprint density at radius 2 is 1.91 bits per heavy atom. The maximum absolute atomic E-state index is 12.1. The van der Waals surface area contributed by atoms with Crippen LogP contribution in [0.3, 0.4) is 0 Å². The van der Waals surface area contributed by atoms with Gasteiger partial charge in [-0.3, -0.25) is 14.9 Å². The third-order valence-corrected chi connectivity index (χ3v) is 3.00. The molecule has 0 aliphatic rings. The number of carbonyl (C=O) groups excluding carboxylic acids is 1. The van der Waals surface area contributed by atoms with E-state index in [1.54, 1.807) is 13.0 Å². The molecule has 23 heavy (non-hydrogen) atoms. The third kappa shape index (κ3) is 5.64. The summed E-state index contributed by atoms with van der Waals surface area (Å²) in [6, 6.07) is 8.31. The predicted octanol–water partition coefficient (Wildman–Crippen LogP) is 1.94. The van der Waals surface area contributed by atoms with Crippen molar-refractivity contribution in [3.05, 3.63) is 33.9 Å². The van der Waals surface area contributed by atoms with Gasteiger partial charge in [-0.05, 0) is 18.6 Å². The topological polar surface area (TPSA) is 120 Å². The molecule has 8 nitrogen and oxygen atoms in total. The van der Waals surface area contributed by atoms with Gasteiger partial charge in [0.2, 0.25) is 0 Å². The fraction of sp³-hybridized carbons (Fsp3) is 0.400. The highest BCUT2D eigenvalue weighted by Crippen LogP contribution is 2.27. The maximum atomic E-state index is 12.1. The molecule has 0 aromatic heterocycles. The maximum Gasteiger partial charge on any atom is 0.311 e. The van der Waals surface area contributed by atoms with E-state index in [0.29, 0.717) is 5.56 Å². The molecule has 0 spiro atoms. The van der Waals surface area contributed by atoms with E-state index in [2.05, 4.69) is 0 Å². The van der Waals surface area contributed by atoms with Crippen LogP contribution in [0.15, 0.2) is 18.2 Å². The number of hydrogen-bond donors (Lipinski definition) is 0. The summed E-state index contributed by atoms with van der Waals surface area (Å²) in [5, 5.41) is 28.2. The summed E-state index contributed by atoms with van der Waals surface area (Å²) in [7, 11) is 0. The predicted molar refractivity (Wildman–Crippen MR) is 80.4 cm³/mol. The number of nitro benzene ring substituents is 1. The summed E-state index contributed by atoms with van der Waals surface area (Å²) in [4.78, 5) is 23.8. The van der Waals surface area contributed by atoms with Crippen molar-refractivity contribution in [3.63, 3.8) is 0 Å². The van der Waals surface area contributed by atoms with E-state index in [0.717, 1.165) is 0 Å². The van der Waals surface area contributed by atoms with E-state index in [1.165, 1.54) is 17.0 Å². The number of amides is 1. The number of carbonyl (C=O) groups is 1. The van der Waals surface area contributed by atoms with E-state index in [-0.39, 0.29) is 44.0 Å². The van der Waals surface area contributed by atoms with Gasteiger partial charge < -0.3 is 9.64 Å². The fourth-order valence-electron chi connectivity index (χ4n) is 1.85. The van der Waals surface area contributed by atoms with Crippen LogP contribution in [0.4, 0.5) is 5.69 Å². The van der Waals surface area contributed by atoms with Crippen molar-refractivity contribution in [2.45, 2.75) is 19.8 Å². The van der Waals surface area contributed by atoms with Crippen LogP contribution in [0.2, 0.25) is 0 Å². The molecule has 0 saturated heterocycles. The average Bonchev–Trinajstić information content (AvgIpc) is 2.53. The molecule has 0 bridgehead atoms. The minimum Gasteiger partial charge on any atom is -0.477 e. The largest absolute Gasteiger partial charge is 0.477 e. The van der Waals surface area contributed by atoms with Crippen molar-refractivity contribution in [3.8, 4) is 17.9 Å². The Kier molecular flexibility index (Phi) is 7.02. The SMILES string of the molecule is Cc1ccc(OCC(=O)N(CCC#N)CCC#N)c([N+](=O)[O-])c1. The Hall–Kier alpha value is -3.13. The third-order valence-electron chi connectivity index (χ3n) is 3.00. The van der Waals surface area contributed by atoms with Crippen LogP contribution in [-0.2, 0) is 4.79 Å². The van der Waals surface area contributed by atoms with E-state index in [4.69, 9.17) is 15.3 Å². The molecule has 8 heteroatoms. The van der Waals surface area contributed by atoms with Crippen LogP contribution < -0.4 is 4.74 Å². The fourth-order valence-corrected chi connectivity index (χ4v) is 1.85. The summed E-state index contributed by atoms with van der Waals surface area (Å²) in [6.07, 6.45) is 0.281. The number of nitriles is 2. The Morgan fingerprint density at radius 1 is 1.30 bits per heavy atom. The normalized spacial score (nSPS) is 9.52. The van der Waals surface area contributed by atoms with Gasteiger partial charge in [-0.2, -0.15) is 10.5 Å². The quantitative estimate of drug-likeness (QED) is 0.533. The van der Waals surface area contributed by atoms with Crippen LogP contribution in [0, 0.1) is 39.7 Å². The second-order valence-electron chi connectivity index (χ2n) is 4.71. The van der Waals surface area contributed by atoms with Crippen molar-refractivity contribution in [2.75, 3.05) is 19.7 Å². The number of nitro groups is 1. The second-order valence-corrected chi connectivity index (χ2v) is 4.71. The summed E-state index contributed by atoms with van der Waals surface area (Å²) in [5.74, 6) is -0.417. The van der Waals surface area contributed by atoms with Gasteiger partial charge in [-0.15, -0.1) is 0 Å². The van der Waals surface area contributed by atoms with Gasteiger partial charge >= 0.3 is 5.69 Å². The summed E-state index contributed by atoms with van der Waals surface area (Å²) >= 11 is 0. The lowest BCUT2D eigenvalue weighted by Gasteiger charge is -2.20. The molecule has 0 fully saturated rings. The van der Waals surface area contributed by atoms with Gasteiger partial charge in [0.1, 0.15) is 0 Å². The minimum absolute atomic E-state index is 0.00877. The monoisotopic (exact) mass is 316 g/mol. The number of hydrogen-bond acceptors (Lipinski definition) is 6. The van der Waals surface area contributed by atoms with E-state index in [9.17, 15) is 14.9 Å². The van der Waals surface area contributed by atoms with Crippen LogP contribution in [0.25, 0.3) is 0 Å². The van der Waals surface area contributed by atoms with Crippen LogP contribution in [-0.4, -0.2) is 35.4 Å². The van der Waals surface area contributed by atoms with Gasteiger partial charge in [-0.1, -0.05) is 6.07 Å². The zero-order chi connectivity index (χ0) is 17.2. The van der Waals surface area contributed by atoms with Gasteiger partial charge in [0.05, 0.1) is 29.9 Å². The van der Waals surface area contributed by atoms with Crippen molar-refractivity contribution < 1.29 is 14.5 Å². The summed E-state index contributed by atoms with van der Waals surface area (Å²) in [6.45, 7) is 1.71. The molecule has 120 valence electrons.